The van der Waals surface area contributed by atoms with E-state index in [0.29, 0.717) is 23.0 Å². The number of carbonyl (C=O) groups excluding carboxylic acids is 2. The van der Waals surface area contributed by atoms with Crippen LogP contribution in [-0.2, 0) is 16.1 Å². The monoisotopic (exact) mass is 344 g/mol. The quantitative estimate of drug-likeness (QED) is 0.931. The van der Waals surface area contributed by atoms with E-state index in [9.17, 15) is 9.59 Å². The Labute approximate surface area is 145 Å². The van der Waals surface area contributed by atoms with E-state index in [1.807, 2.05) is 24.3 Å². The fourth-order valence-electron chi connectivity index (χ4n) is 2.62. The lowest BCUT2D eigenvalue weighted by atomic mass is 10.1. The maximum atomic E-state index is 12.4. The van der Waals surface area contributed by atoms with Gasteiger partial charge in [-0.1, -0.05) is 35.9 Å². The van der Waals surface area contributed by atoms with E-state index in [1.54, 1.807) is 29.2 Å². The number of fused-ring (bicyclic) bond motifs is 1. The number of rotatable bonds is 3. The first-order valence-electron chi connectivity index (χ1n) is 7.60. The summed E-state index contributed by atoms with van der Waals surface area (Å²) in [7, 11) is 0. The van der Waals surface area contributed by atoms with Crippen molar-refractivity contribution in [1.82, 2.24) is 5.32 Å². The van der Waals surface area contributed by atoms with Crippen molar-refractivity contribution in [2.24, 2.45) is 0 Å². The summed E-state index contributed by atoms with van der Waals surface area (Å²) in [4.78, 5) is 25.9. The molecule has 0 saturated heterocycles. The highest BCUT2D eigenvalue weighted by atomic mass is 35.5. The van der Waals surface area contributed by atoms with Crippen molar-refractivity contribution in [3.8, 4) is 5.75 Å². The van der Waals surface area contributed by atoms with Gasteiger partial charge in [0.1, 0.15) is 5.75 Å². The van der Waals surface area contributed by atoms with Crippen molar-refractivity contribution in [3.63, 3.8) is 0 Å². The molecule has 1 atom stereocenters. The van der Waals surface area contributed by atoms with Crippen molar-refractivity contribution in [2.45, 2.75) is 19.6 Å². The second-order valence-electron chi connectivity index (χ2n) is 5.55. The number of anilines is 1. The van der Waals surface area contributed by atoms with Crippen LogP contribution >= 0.6 is 11.6 Å². The van der Waals surface area contributed by atoms with Gasteiger partial charge in [0.15, 0.2) is 6.10 Å². The predicted octanol–water partition coefficient (Wildman–Crippen LogP) is 2.77. The molecular weight excluding hydrogens is 328 g/mol. The van der Waals surface area contributed by atoms with Gasteiger partial charge < -0.3 is 15.0 Å². The number of carbonyl (C=O) groups is 2. The number of benzene rings is 2. The maximum Gasteiger partial charge on any atom is 0.263 e. The predicted molar refractivity (Wildman–Crippen MR) is 92.2 cm³/mol. The normalized spacial score (nSPS) is 16.1. The van der Waals surface area contributed by atoms with Crippen molar-refractivity contribution < 1.29 is 14.3 Å². The van der Waals surface area contributed by atoms with Gasteiger partial charge in [0.05, 0.1) is 12.2 Å². The van der Waals surface area contributed by atoms with Gasteiger partial charge in [-0.3, -0.25) is 9.59 Å². The van der Waals surface area contributed by atoms with Crippen LogP contribution in [0.25, 0.3) is 0 Å². The third-order valence-electron chi connectivity index (χ3n) is 3.80. The Balaban J connectivity index is 1.71. The number of hydrogen-bond acceptors (Lipinski definition) is 3. The van der Waals surface area contributed by atoms with Gasteiger partial charge >= 0.3 is 0 Å². The van der Waals surface area contributed by atoms with Gasteiger partial charge in [-0.25, -0.2) is 0 Å². The molecule has 0 saturated carbocycles. The van der Waals surface area contributed by atoms with Gasteiger partial charge in [0.2, 0.25) is 5.91 Å². The van der Waals surface area contributed by atoms with Gasteiger partial charge in [-0.15, -0.1) is 0 Å². The smallest absolute Gasteiger partial charge is 0.263 e. The molecule has 2 aromatic rings. The molecule has 1 N–H and O–H groups in total. The molecule has 6 heteroatoms. The van der Waals surface area contributed by atoms with Gasteiger partial charge in [0.25, 0.3) is 5.91 Å². The Hall–Kier alpha value is -2.53. The van der Waals surface area contributed by atoms with Crippen LogP contribution in [-0.4, -0.2) is 24.5 Å². The number of hydrogen-bond donors (Lipinski definition) is 1. The van der Waals surface area contributed by atoms with Crippen LogP contribution in [0.5, 0.6) is 5.75 Å². The Morgan fingerprint density at radius 3 is 2.79 bits per heavy atom. The van der Waals surface area contributed by atoms with E-state index >= 15 is 0 Å². The summed E-state index contributed by atoms with van der Waals surface area (Å²) < 4.78 is 5.75. The van der Waals surface area contributed by atoms with Crippen molar-refractivity contribution in [1.29, 1.82) is 0 Å². The number of ether oxygens (including phenoxy) is 1. The summed E-state index contributed by atoms with van der Waals surface area (Å²) in [5, 5.41) is 3.44. The van der Waals surface area contributed by atoms with Crippen LogP contribution in [0.4, 0.5) is 5.69 Å². The molecule has 1 aliphatic heterocycles. The van der Waals surface area contributed by atoms with E-state index in [-0.39, 0.29) is 18.4 Å². The molecule has 124 valence electrons. The van der Waals surface area contributed by atoms with Crippen LogP contribution in [0.1, 0.15) is 12.5 Å². The molecule has 1 aliphatic rings. The average molecular weight is 345 g/mol. The molecule has 0 bridgehead atoms. The molecule has 1 heterocycles. The molecule has 5 nitrogen and oxygen atoms in total. The Kier molecular flexibility index (Phi) is 4.71. The third-order valence-corrected chi connectivity index (χ3v) is 4.04. The molecule has 2 amide bonds. The highest BCUT2D eigenvalue weighted by molar-refractivity contribution is 6.30. The topological polar surface area (TPSA) is 58.6 Å². The van der Waals surface area contributed by atoms with E-state index in [4.69, 9.17) is 16.3 Å². The summed E-state index contributed by atoms with van der Waals surface area (Å²) in [5.41, 5.74) is 1.58. The lowest BCUT2D eigenvalue weighted by Crippen LogP contribution is -2.50. The number of amides is 2. The molecular formula is C18H17ClN2O3. The Morgan fingerprint density at radius 2 is 2.04 bits per heavy atom. The molecule has 0 aliphatic carbocycles. The largest absolute Gasteiger partial charge is 0.477 e. The second-order valence-corrected chi connectivity index (χ2v) is 5.99. The highest BCUT2D eigenvalue weighted by Crippen LogP contribution is 2.33. The molecule has 2 aromatic carbocycles. The zero-order chi connectivity index (χ0) is 17.1. The Bertz CT molecular complexity index is 778. The van der Waals surface area contributed by atoms with Crippen molar-refractivity contribution in [2.75, 3.05) is 11.4 Å². The number of para-hydroxylation sites is 2. The first-order chi connectivity index (χ1) is 11.5. The Morgan fingerprint density at radius 1 is 1.25 bits per heavy atom. The zero-order valence-corrected chi connectivity index (χ0v) is 13.9. The minimum atomic E-state index is -0.747. The van der Waals surface area contributed by atoms with Crippen LogP contribution < -0.4 is 15.0 Å². The van der Waals surface area contributed by atoms with Crippen molar-refractivity contribution in [3.05, 3.63) is 59.1 Å². The van der Waals surface area contributed by atoms with Gasteiger partial charge in [0, 0.05) is 18.5 Å². The first-order valence-corrected chi connectivity index (χ1v) is 7.98. The summed E-state index contributed by atoms with van der Waals surface area (Å²) in [6.07, 6.45) is -0.747. The fraction of sp³-hybridized carbons (Fsp3) is 0.222. The molecule has 0 aromatic heterocycles. The van der Waals surface area contributed by atoms with Gasteiger partial charge in [-0.2, -0.15) is 0 Å². The minimum Gasteiger partial charge on any atom is -0.477 e. The van der Waals surface area contributed by atoms with Crippen molar-refractivity contribution >= 4 is 29.1 Å². The third kappa shape index (κ3) is 3.51. The number of nitrogens with zero attached hydrogens (tertiary/aromatic N) is 1. The highest BCUT2D eigenvalue weighted by Gasteiger charge is 2.32. The van der Waals surface area contributed by atoms with Gasteiger partial charge in [-0.05, 0) is 29.8 Å². The average Bonchev–Trinajstić information content (AvgIpc) is 2.58. The first kappa shape index (κ1) is 16.3. The molecule has 0 spiro atoms. The van der Waals surface area contributed by atoms with E-state index in [0.717, 1.165) is 5.56 Å². The molecule has 1 unspecified atom stereocenters. The maximum absolute atomic E-state index is 12.4. The molecule has 0 radical (unpaired) electrons. The lowest BCUT2D eigenvalue weighted by molar-refractivity contribution is -0.128. The summed E-state index contributed by atoms with van der Waals surface area (Å²) >= 11 is 5.94. The molecule has 24 heavy (non-hydrogen) atoms. The fourth-order valence-corrected chi connectivity index (χ4v) is 2.83. The summed E-state index contributed by atoms with van der Waals surface area (Å²) in [6, 6.07) is 14.5. The second kappa shape index (κ2) is 6.93. The number of halogens is 1. The summed E-state index contributed by atoms with van der Waals surface area (Å²) in [5.74, 6) is 0.135. The summed E-state index contributed by atoms with van der Waals surface area (Å²) in [6.45, 7) is 2.01. The van der Waals surface area contributed by atoms with Crippen LogP contribution in [0.2, 0.25) is 5.02 Å². The minimum absolute atomic E-state index is 0.126. The molecule has 3 rings (SSSR count). The van der Waals surface area contributed by atoms with Crippen LogP contribution in [0.15, 0.2) is 48.5 Å². The lowest BCUT2D eigenvalue weighted by Gasteiger charge is -2.33. The van der Waals surface area contributed by atoms with Crippen LogP contribution in [0.3, 0.4) is 0 Å². The van der Waals surface area contributed by atoms with E-state index in [2.05, 4.69) is 5.32 Å². The van der Waals surface area contributed by atoms with E-state index < -0.39 is 6.10 Å². The standard InChI is InChI=1S/C18H17ClN2O3/c1-12(22)21-11-17(24-16-8-3-2-7-15(16)21)18(23)20-10-13-5-4-6-14(19)9-13/h2-9,17H,10-11H2,1H3,(H,20,23). The SMILES string of the molecule is CC(=O)N1CC(C(=O)NCc2cccc(Cl)c2)Oc2ccccc21. The molecule has 0 fully saturated rings. The van der Waals surface area contributed by atoms with Crippen LogP contribution in [0, 0.1) is 0 Å². The number of nitrogens with one attached hydrogen (secondary N) is 1. The van der Waals surface area contributed by atoms with E-state index in [1.165, 1.54) is 6.92 Å². The zero-order valence-electron chi connectivity index (χ0n) is 13.2.